The van der Waals surface area contributed by atoms with Crippen LogP contribution in [0.2, 0.25) is 0 Å². The predicted molar refractivity (Wildman–Crippen MR) is 72.5 cm³/mol. The van der Waals surface area contributed by atoms with Crippen molar-refractivity contribution in [2.24, 2.45) is 5.73 Å². The number of carboxylic acid groups (broad SMARTS) is 1. The summed E-state index contributed by atoms with van der Waals surface area (Å²) in [5.74, 6) is 0.769. The van der Waals surface area contributed by atoms with Gasteiger partial charge in [-0.05, 0) is 6.42 Å². The van der Waals surface area contributed by atoms with Gasteiger partial charge in [0.1, 0.15) is 6.09 Å². The number of nitrogens with one attached hydrogen (secondary N) is 1. The molecule has 0 bridgehead atoms. The number of rotatable bonds is 5. The minimum absolute atomic E-state index is 0.530. The van der Waals surface area contributed by atoms with E-state index in [1.165, 1.54) is 12.8 Å². The van der Waals surface area contributed by atoms with Crippen LogP contribution in [0.25, 0.3) is 0 Å². The molecule has 0 fully saturated rings. The summed E-state index contributed by atoms with van der Waals surface area (Å²) < 4.78 is 1.86. The molecule has 0 heterocycles. The number of amides is 1. The van der Waals surface area contributed by atoms with Crippen molar-refractivity contribution in [2.45, 2.75) is 32.6 Å². The minimum atomic E-state index is -1.17. The molecule has 0 aliphatic carbocycles. The van der Waals surface area contributed by atoms with Crippen molar-refractivity contribution in [3.63, 3.8) is 0 Å². The summed E-state index contributed by atoms with van der Waals surface area (Å²) in [6, 6.07) is 0. The highest BCUT2D eigenvalue weighted by Crippen LogP contribution is 1.96. The maximum atomic E-state index is 9.81. The number of nitrogens with two attached hydrogens (primary N) is 1. The van der Waals surface area contributed by atoms with Crippen LogP contribution in [-0.4, -0.2) is 56.3 Å². The molecule has 18 heavy (non-hydrogen) atoms. The van der Waals surface area contributed by atoms with Crippen molar-refractivity contribution in [1.82, 2.24) is 10.2 Å². The molecular formula is C12H28N4O2. The second-order valence-corrected chi connectivity index (χ2v) is 4.42. The van der Waals surface area contributed by atoms with Gasteiger partial charge < -0.3 is 15.2 Å². The number of guanidine groups is 1. The molecule has 0 saturated carbocycles. The van der Waals surface area contributed by atoms with E-state index in [9.17, 15) is 9.90 Å². The number of hydrogen-bond donors (Lipinski definition) is 2. The van der Waals surface area contributed by atoms with Crippen molar-refractivity contribution >= 4 is 12.1 Å². The van der Waals surface area contributed by atoms with Crippen LogP contribution in [0.15, 0.2) is 0 Å². The lowest BCUT2D eigenvalue weighted by molar-refractivity contribution is -0.470. The largest absolute Gasteiger partial charge is 0.530 e. The highest BCUT2D eigenvalue weighted by atomic mass is 16.4. The molecule has 0 aliphatic heterocycles. The Bertz CT molecular complexity index is 248. The summed E-state index contributed by atoms with van der Waals surface area (Å²) in [5.41, 5.74) is 5.53. The fraction of sp³-hybridized carbons (Fsp3) is 0.833. The van der Waals surface area contributed by atoms with Crippen molar-refractivity contribution < 1.29 is 14.5 Å². The maximum absolute atomic E-state index is 9.81. The van der Waals surface area contributed by atoms with Gasteiger partial charge in [-0.25, -0.2) is 0 Å². The van der Waals surface area contributed by atoms with Crippen LogP contribution >= 0.6 is 0 Å². The van der Waals surface area contributed by atoms with E-state index >= 15 is 0 Å². The fourth-order valence-corrected chi connectivity index (χ4v) is 1.14. The molecule has 0 aromatic heterocycles. The molecule has 6 heteroatoms. The second kappa shape index (κ2) is 12.0. The number of carbonyl (C=O) groups is 1. The quantitative estimate of drug-likeness (QED) is 0.306. The first kappa shape index (κ1) is 18.9. The Morgan fingerprint density at radius 2 is 1.83 bits per heavy atom. The van der Waals surface area contributed by atoms with E-state index in [2.05, 4.69) is 12.2 Å². The fourth-order valence-electron chi connectivity index (χ4n) is 1.14. The van der Waals surface area contributed by atoms with E-state index in [4.69, 9.17) is 5.73 Å². The Morgan fingerprint density at radius 3 is 2.11 bits per heavy atom. The summed E-state index contributed by atoms with van der Waals surface area (Å²) in [5, 5.41) is 12.0. The van der Waals surface area contributed by atoms with Gasteiger partial charge in [-0.3, -0.25) is 15.2 Å². The van der Waals surface area contributed by atoms with Crippen molar-refractivity contribution in [2.75, 3.05) is 34.7 Å². The molecule has 0 radical (unpaired) electrons. The van der Waals surface area contributed by atoms with Crippen LogP contribution in [0.3, 0.4) is 0 Å². The first-order valence-corrected chi connectivity index (χ1v) is 6.24. The third-order valence-corrected chi connectivity index (χ3v) is 2.22. The van der Waals surface area contributed by atoms with Gasteiger partial charge in [0.15, 0.2) is 0 Å². The van der Waals surface area contributed by atoms with E-state index in [1.54, 1.807) is 0 Å². The Labute approximate surface area is 110 Å². The van der Waals surface area contributed by atoms with Gasteiger partial charge in [-0.2, -0.15) is 0 Å². The van der Waals surface area contributed by atoms with E-state index in [0.717, 1.165) is 18.8 Å². The van der Waals surface area contributed by atoms with Gasteiger partial charge in [-0.1, -0.05) is 26.2 Å². The highest BCUT2D eigenvalue weighted by Gasteiger charge is 2.00. The summed E-state index contributed by atoms with van der Waals surface area (Å²) in [6.07, 6.45) is 3.19. The average molecular weight is 260 g/mol. The van der Waals surface area contributed by atoms with E-state index in [0.29, 0.717) is 6.54 Å². The van der Waals surface area contributed by atoms with Gasteiger partial charge in [-0.15, -0.1) is 0 Å². The van der Waals surface area contributed by atoms with Gasteiger partial charge in [0.05, 0.1) is 28.2 Å². The van der Waals surface area contributed by atoms with Gasteiger partial charge in [0.25, 0.3) is 0 Å². The summed E-state index contributed by atoms with van der Waals surface area (Å²) in [4.78, 5) is 11.7. The van der Waals surface area contributed by atoms with E-state index in [1.807, 2.05) is 37.7 Å². The molecule has 0 spiro atoms. The molecular weight excluding hydrogens is 232 g/mol. The summed E-state index contributed by atoms with van der Waals surface area (Å²) in [6.45, 7) is 2.65. The highest BCUT2D eigenvalue weighted by molar-refractivity contribution is 5.72. The molecule has 0 atom stereocenters. The first-order chi connectivity index (χ1) is 8.32. The van der Waals surface area contributed by atoms with Crippen LogP contribution in [0.5, 0.6) is 0 Å². The van der Waals surface area contributed by atoms with Crippen LogP contribution in [-0.2, 0) is 0 Å². The Morgan fingerprint density at radius 1 is 1.28 bits per heavy atom. The smallest absolute Gasteiger partial charge is 0.344 e. The Kier molecular flexibility index (Phi) is 12.6. The molecule has 0 rings (SSSR count). The molecule has 0 unspecified atom stereocenters. The Balaban J connectivity index is 0. The third-order valence-electron chi connectivity index (χ3n) is 2.22. The number of nitrogens with zero attached hydrogens (tertiary/aromatic N) is 2. The lowest BCUT2D eigenvalue weighted by atomic mass is 10.2. The van der Waals surface area contributed by atoms with Gasteiger partial charge >= 0.3 is 5.96 Å². The molecule has 108 valence electrons. The lowest BCUT2D eigenvalue weighted by Gasteiger charge is -2.04. The second-order valence-electron chi connectivity index (χ2n) is 4.42. The predicted octanol–water partition coefficient (Wildman–Crippen LogP) is -0.366. The van der Waals surface area contributed by atoms with Crippen LogP contribution in [0.4, 0.5) is 4.79 Å². The number of unbranched alkanes of at least 4 members (excludes halogenated alkanes) is 3. The molecule has 0 aromatic rings. The van der Waals surface area contributed by atoms with Crippen LogP contribution < -0.4 is 16.2 Å². The third kappa shape index (κ3) is 14.5. The van der Waals surface area contributed by atoms with Crippen molar-refractivity contribution in [3.05, 3.63) is 0 Å². The van der Waals surface area contributed by atoms with Gasteiger partial charge in [0, 0.05) is 6.54 Å². The average Bonchev–Trinajstić information content (AvgIpc) is 2.28. The van der Waals surface area contributed by atoms with Crippen LogP contribution in [0.1, 0.15) is 32.6 Å². The molecule has 0 saturated heterocycles. The zero-order valence-corrected chi connectivity index (χ0v) is 12.3. The minimum Gasteiger partial charge on any atom is -0.530 e. The molecule has 0 aromatic carbocycles. The SMILES string of the molecule is CCCCCCNC(=O)[O-].CN(C)C(N)=[N+](C)C. The first-order valence-electron chi connectivity index (χ1n) is 6.24. The standard InChI is InChI=1S/C7H15NO2.C5H13N3/c1-2-3-4-5-6-8-7(9)10;1-7(2)5(6)8(3)4/h8H,2-6H2,1H3,(H,9,10);6H,1-4H3. The molecule has 6 nitrogen and oxygen atoms in total. The van der Waals surface area contributed by atoms with Crippen molar-refractivity contribution in [3.8, 4) is 0 Å². The normalized spacial score (nSPS) is 8.94. The van der Waals surface area contributed by atoms with E-state index < -0.39 is 6.09 Å². The monoisotopic (exact) mass is 260 g/mol. The van der Waals surface area contributed by atoms with Crippen LogP contribution in [0, 0.1) is 0 Å². The molecule has 0 aliphatic rings. The number of carbonyl (C=O) groups excluding carboxylic acids is 1. The van der Waals surface area contributed by atoms with Crippen molar-refractivity contribution in [1.29, 1.82) is 0 Å². The Hall–Kier alpha value is -1.46. The zero-order chi connectivity index (χ0) is 14.6. The van der Waals surface area contributed by atoms with E-state index in [-0.39, 0.29) is 0 Å². The summed E-state index contributed by atoms with van der Waals surface area (Å²) in [7, 11) is 7.65. The maximum Gasteiger partial charge on any atom is 0.344 e. The topological polar surface area (TPSA) is 84.4 Å². The lowest BCUT2D eigenvalue weighted by Crippen LogP contribution is -2.36. The van der Waals surface area contributed by atoms with Gasteiger partial charge in [0.2, 0.25) is 0 Å². The molecule has 3 N–H and O–H groups in total. The zero-order valence-electron chi connectivity index (χ0n) is 12.3. The molecule has 1 amide bonds. The summed E-state index contributed by atoms with van der Waals surface area (Å²) >= 11 is 0. The number of hydrogen-bond acceptors (Lipinski definition) is 2.